The van der Waals surface area contributed by atoms with E-state index in [2.05, 4.69) is 10.4 Å². The van der Waals surface area contributed by atoms with Gasteiger partial charge in [0.05, 0.1) is 6.21 Å². The van der Waals surface area contributed by atoms with Crippen LogP contribution in [0.25, 0.3) is 0 Å². The van der Waals surface area contributed by atoms with Crippen molar-refractivity contribution in [3.8, 4) is 0 Å². The van der Waals surface area contributed by atoms with Gasteiger partial charge in [-0.25, -0.2) is 4.79 Å². The SMILES string of the molecule is CN(/N=C/c1ccccc1)C1=CC(=O)N(C2CCN(C(=O)OC(C)(C)C)CC2)C(O)N1. The van der Waals surface area contributed by atoms with E-state index in [0.717, 1.165) is 5.56 Å². The van der Waals surface area contributed by atoms with E-state index >= 15 is 0 Å². The van der Waals surface area contributed by atoms with Crippen molar-refractivity contribution < 1.29 is 19.4 Å². The molecule has 2 aliphatic rings. The summed E-state index contributed by atoms with van der Waals surface area (Å²) in [6, 6.07) is 9.42. The van der Waals surface area contributed by atoms with Gasteiger partial charge in [0.2, 0.25) is 6.35 Å². The molecule has 2 heterocycles. The molecule has 9 heteroatoms. The molecular formula is C22H31N5O4. The van der Waals surface area contributed by atoms with Gasteiger partial charge < -0.3 is 20.1 Å². The maximum absolute atomic E-state index is 12.8. The highest BCUT2D eigenvalue weighted by atomic mass is 16.6. The fourth-order valence-corrected chi connectivity index (χ4v) is 3.53. The van der Waals surface area contributed by atoms with Gasteiger partial charge in [-0.3, -0.25) is 14.7 Å². The van der Waals surface area contributed by atoms with E-state index < -0.39 is 12.0 Å². The van der Waals surface area contributed by atoms with E-state index in [1.807, 2.05) is 51.1 Å². The molecule has 0 aliphatic carbocycles. The highest BCUT2D eigenvalue weighted by molar-refractivity contribution is 5.89. The summed E-state index contributed by atoms with van der Waals surface area (Å²) < 4.78 is 5.41. The van der Waals surface area contributed by atoms with Crippen LogP contribution in [0.4, 0.5) is 4.79 Å². The average Bonchev–Trinajstić information content (AvgIpc) is 2.71. The van der Waals surface area contributed by atoms with Crippen LogP contribution < -0.4 is 5.32 Å². The minimum Gasteiger partial charge on any atom is -0.444 e. The Morgan fingerprint density at radius 1 is 1.26 bits per heavy atom. The summed E-state index contributed by atoms with van der Waals surface area (Å²) in [4.78, 5) is 28.1. The highest BCUT2D eigenvalue weighted by Crippen LogP contribution is 2.23. The van der Waals surface area contributed by atoms with Crippen LogP contribution in [0.15, 0.2) is 47.3 Å². The summed E-state index contributed by atoms with van der Waals surface area (Å²) >= 11 is 0. The van der Waals surface area contributed by atoms with Gasteiger partial charge in [-0.15, -0.1) is 0 Å². The molecule has 0 aromatic heterocycles. The molecule has 168 valence electrons. The first-order valence-electron chi connectivity index (χ1n) is 10.4. The summed E-state index contributed by atoms with van der Waals surface area (Å²) in [5.74, 6) is 0.117. The Labute approximate surface area is 182 Å². The van der Waals surface area contributed by atoms with Crippen LogP contribution in [-0.4, -0.2) is 76.3 Å². The molecule has 1 aromatic rings. The van der Waals surface area contributed by atoms with E-state index in [9.17, 15) is 14.7 Å². The Hall–Kier alpha value is -3.07. The second-order valence-corrected chi connectivity index (χ2v) is 8.67. The number of aliphatic hydroxyl groups is 1. The van der Waals surface area contributed by atoms with Crippen molar-refractivity contribution in [1.29, 1.82) is 0 Å². The van der Waals surface area contributed by atoms with Crippen molar-refractivity contribution in [2.24, 2.45) is 5.10 Å². The van der Waals surface area contributed by atoms with Gasteiger partial charge in [0, 0.05) is 32.3 Å². The van der Waals surface area contributed by atoms with Crippen LogP contribution in [-0.2, 0) is 9.53 Å². The number of hydrogen-bond donors (Lipinski definition) is 2. The van der Waals surface area contributed by atoms with Crippen molar-refractivity contribution in [3.05, 3.63) is 47.8 Å². The minimum atomic E-state index is -1.17. The fourth-order valence-electron chi connectivity index (χ4n) is 3.53. The first kappa shape index (κ1) is 22.6. The number of hydrazone groups is 1. The number of piperidine rings is 1. The van der Waals surface area contributed by atoms with Gasteiger partial charge in [-0.2, -0.15) is 5.10 Å². The quantitative estimate of drug-likeness (QED) is 0.561. The van der Waals surface area contributed by atoms with Crippen molar-refractivity contribution in [2.75, 3.05) is 20.1 Å². The molecule has 0 bridgehead atoms. The van der Waals surface area contributed by atoms with E-state index in [1.165, 1.54) is 16.0 Å². The number of amides is 2. The largest absolute Gasteiger partial charge is 0.444 e. The number of hydrogen-bond acceptors (Lipinski definition) is 7. The van der Waals surface area contributed by atoms with Crippen molar-refractivity contribution >= 4 is 18.2 Å². The number of nitrogens with one attached hydrogen (secondary N) is 1. The first-order chi connectivity index (χ1) is 14.6. The number of benzene rings is 1. The first-order valence-corrected chi connectivity index (χ1v) is 10.4. The summed E-state index contributed by atoms with van der Waals surface area (Å²) in [7, 11) is 1.70. The Morgan fingerprint density at radius 2 is 1.90 bits per heavy atom. The van der Waals surface area contributed by atoms with Crippen molar-refractivity contribution in [3.63, 3.8) is 0 Å². The lowest BCUT2D eigenvalue weighted by Gasteiger charge is -2.42. The maximum atomic E-state index is 12.8. The fraction of sp³-hybridized carbons (Fsp3) is 0.500. The highest BCUT2D eigenvalue weighted by Gasteiger charge is 2.36. The van der Waals surface area contributed by atoms with E-state index in [-0.39, 0.29) is 18.0 Å². The molecule has 1 fully saturated rings. The van der Waals surface area contributed by atoms with Crippen molar-refractivity contribution in [1.82, 2.24) is 20.1 Å². The Morgan fingerprint density at radius 3 is 2.48 bits per heavy atom. The predicted octanol–water partition coefficient (Wildman–Crippen LogP) is 1.90. The van der Waals surface area contributed by atoms with Gasteiger partial charge in [-0.1, -0.05) is 30.3 Å². The van der Waals surface area contributed by atoms with Gasteiger partial charge in [0.1, 0.15) is 11.4 Å². The minimum absolute atomic E-state index is 0.176. The summed E-state index contributed by atoms with van der Waals surface area (Å²) in [5.41, 5.74) is 0.378. The molecule has 3 rings (SSSR count). The third-order valence-electron chi connectivity index (χ3n) is 5.09. The monoisotopic (exact) mass is 429 g/mol. The molecule has 1 saturated heterocycles. The molecule has 2 amide bonds. The zero-order valence-electron chi connectivity index (χ0n) is 18.5. The summed E-state index contributed by atoms with van der Waals surface area (Å²) in [5, 5.41) is 19.3. The van der Waals surface area contributed by atoms with Crippen LogP contribution in [0, 0.1) is 0 Å². The van der Waals surface area contributed by atoms with Crippen LogP contribution in [0.1, 0.15) is 39.2 Å². The molecule has 1 aromatic carbocycles. The van der Waals surface area contributed by atoms with Gasteiger partial charge >= 0.3 is 6.09 Å². The smallest absolute Gasteiger partial charge is 0.410 e. The molecule has 0 spiro atoms. The normalized spacial score (nSPS) is 20.5. The van der Waals surface area contributed by atoms with Gasteiger partial charge in [0.15, 0.2) is 0 Å². The van der Waals surface area contributed by atoms with E-state index in [0.29, 0.717) is 31.8 Å². The Balaban J connectivity index is 1.59. The van der Waals surface area contributed by atoms with Crippen LogP contribution in [0.5, 0.6) is 0 Å². The Bertz CT molecular complexity index is 841. The number of rotatable bonds is 4. The number of carbonyl (C=O) groups is 2. The zero-order valence-corrected chi connectivity index (χ0v) is 18.5. The molecule has 31 heavy (non-hydrogen) atoms. The molecule has 1 atom stereocenters. The molecule has 0 radical (unpaired) electrons. The van der Waals surface area contributed by atoms with Crippen LogP contribution >= 0.6 is 0 Å². The van der Waals surface area contributed by atoms with E-state index in [1.54, 1.807) is 18.2 Å². The summed E-state index contributed by atoms with van der Waals surface area (Å²) in [6.45, 7) is 6.42. The predicted molar refractivity (Wildman–Crippen MR) is 117 cm³/mol. The van der Waals surface area contributed by atoms with Gasteiger partial charge in [-0.05, 0) is 39.2 Å². The molecule has 2 aliphatic heterocycles. The maximum Gasteiger partial charge on any atom is 0.410 e. The number of nitrogens with zero attached hydrogens (tertiary/aromatic N) is 4. The van der Waals surface area contributed by atoms with Gasteiger partial charge in [0.25, 0.3) is 5.91 Å². The summed E-state index contributed by atoms with van der Waals surface area (Å²) in [6.07, 6.45) is 2.71. The third kappa shape index (κ3) is 5.97. The zero-order chi connectivity index (χ0) is 22.6. The van der Waals surface area contributed by atoms with Crippen LogP contribution in [0.3, 0.4) is 0 Å². The third-order valence-corrected chi connectivity index (χ3v) is 5.09. The molecule has 0 saturated carbocycles. The molecule has 2 N–H and O–H groups in total. The Kier molecular flexibility index (Phi) is 6.84. The molecule has 9 nitrogen and oxygen atoms in total. The second-order valence-electron chi connectivity index (χ2n) is 8.67. The standard InChI is InChI=1S/C22H31N5O4/c1-22(2,3)31-21(30)26-12-10-17(11-13-26)27-19(28)14-18(24-20(27)29)25(4)23-15-16-8-6-5-7-9-16/h5-9,14-15,17,20,24,29H,10-13H2,1-4H3/b23-15+. The van der Waals surface area contributed by atoms with Crippen molar-refractivity contribution in [2.45, 2.75) is 51.6 Å². The topological polar surface area (TPSA) is 97.7 Å². The number of likely N-dealkylation sites (tertiary alicyclic amines) is 1. The number of ether oxygens (including phenoxy) is 1. The lowest BCUT2D eigenvalue weighted by Crippen LogP contribution is -2.59. The van der Waals surface area contributed by atoms with E-state index in [4.69, 9.17) is 4.74 Å². The second kappa shape index (κ2) is 9.38. The lowest BCUT2D eigenvalue weighted by molar-refractivity contribution is -0.147. The number of aliphatic hydroxyl groups excluding tert-OH is 1. The number of carbonyl (C=O) groups excluding carboxylic acids is 2. The molecule has 1 unspecified atom stereocenters. The van der Waals surface area contributed by atoms with Crippen LogP contribution in [0.2, 0.25) is 0 Å². The lowest BCUT2D eigenvalue weighted by atomic mass is 10.0. The molecular weight excluding hydrogens is 398 g/mol. The average molecular weight is 430 g/mol.